The fourth-order valence-electron chi connectivity index (χ4n) is 3.87. The summed E-state index contributed by atoms with van der Waals surface area (Å²) in [5.74, 6) is 7.30. The molecule has 0 spiro atoms. The second-order valence-corrected chi connectivity index (χ2v) is 10.3. The Hall–Kier alpha value is -3.27. The third-order valence-electron chi connectivity index (χ3n) is 5.80. The highest BCUT2D eigenvalue weighted by Gasteiger charge is 2.26. The van der Waals surface area contributed by atoms with E-state index >= 15 is 0 Å². The second kappa shape index (κ2) is 9.30. The Bertz CT molecular complexity index is 1290. The highest BCUT2D eigenvalue weighted by atomic mass is 32.2. The van der Waals surface area contributed by atoms with Crippen molar-refractivity contribution >= 4 is 9.84 Å². The number of aliphatic hydroxyl groups is 1. The van der Waals surface area contributed by atoms with E-state index < -0.39 is 15.4 Å². The molecule has 0 saturated heterocycles. The number of sulfone groups is 1. The summed E-state index contributed by atoms with van der Waals surface area (Å²) in [5, 5.41) is 19.9. The fourth-order valence-corrected chi connectivity index (χ4v) is 5.13. The van der Waals surface area contributed by atoms with E-state index in [1.807, 2.05) is 25.1 Å². The fraction of sp³-hybridized carbons (Fsp3) is 0.259. The van der Waals surface area contributed by atoms with Crippen LogP contribution in [0.2, 0.25) is 0 Å². The van der Waals surface area contributed by atoms with Crippen molar-refractivity contribution < 1.29 is 23.4 Å². The number of hydrogen-bond acceptors (Lipinski definition) is 5. The number of ether oxygens (including phenoxy) is 1. The van der Waals surface area contributed by atoms with E-state index in [1.165, 1.54) is 36.4 Å². The van der Waals surface area contributed by atoms with Crippen LogP contribution in [0, 0.1) is 18.8 Å². The molecule has 0 radical (unpaired) electrons. The molecule has 0 atom stereocenters. The first-order chi connectivity index (χ1) is 15.7. The minimum absolute atomic E-state index is 0.00919. The lowest BCUT2D eigenvalue weighted by atomic mass is 9.85. The SMILES string of the molecule is Cc1cc(C#CC2(O)CCCCC2)ccc1Oc1ccc(S(=O)(=O)c2ccc(O)cc2)cc1. The summed E-state index contributed by atoms with van der Waals surface area (Å²) in [6, 6.07) is 17.2. The Morgan fingerprint density at radius 2 is 1.48 bits per heavy atom. The van der Waals surface area contributed by atoms with Crippen molar-refractivity contribution in [3.63, 3.8) is 0 Å². The predicted octanol–water partition coefficient (Wildman–Crippen LogP) is 5.37. The summed E-state index contributed by atoms with van der Waals surface area (Å²) in [7, 11) is -3.68. The van der Waals surface area contributed by atoms with Crippen molar-refractivity contribution in [3.05, 3.63) is 77.9 Å². The van der Waals surface area contributed by atoms with Crippen LogP contribution in [0.3, 0.4) is 0 Å². The molecule has 3 aromatic rings. The molecule has 33 heavy (non-hydrogen) atoms. The van der Waals surface area contributed by atoms with Crippen LogP contribution in [-0.2, 0) is 9.84 Å². The van der Waals surface area contributed by atoms with Crippen LogP contribution >= 0.6 is 0 Å². The smallest absolute Gasteiger partial charge is 0.206 e. The quantitative estimate of drug-likeness (QED) is 0.509. The minimum Gasteiger partial charge on any atom is -0.508 e. The molecular weight excluding hydrogens is 436 g/mol. The van der Waals surface area contributed by atoms with Gasteiger partial charge in [0.05, 0.1) is 9.79 Å². The van der Waals surface area contributed by atoms with Gasteiger partial charge in [-0.3, -0.25) is 0 Å². The van der Waals surface area contributed by atoms with Crippen LogP contribution in [0.15, 0.2) is 76.5 Å². The second-order valence-electron chi connectivity index (χ2n) is 8.39. The molecular formula is C27H26O5S. The van der Waals surface area contributed by atoms with Crippen molar-refractivity contribution in [2.75, 3.05) is 0 Å². The highest BCUT2D eigenvalue weighted by Crippen LogP contribution is 2.30. The third-order valence-corrected chi connectivity index (χ3v) is 7.59. The monoisotopic (exact) mass is 462 g/mol. The number of hydrogen-bond donors (Lipinski definition) is 2. The Labute approximate surface area is 194 Å². The van der Waals surface area contributed by atoms with Gasteiger partial charge in [-0.25, -0.2) is 8.42 Å². The highest BCUT2D eigenvalue weighted by molar-refractivity contribution is 7.91. The normalized spacial score (nSPS) is 15.3. The third kappa shape index (κ3) is 5.39. The van der Waals surface area contributed by atoms with Crippen molar-refractivity contribution in [3.8, 4) is 29.1 Å². The van der Waals surface area contributed by atoms with E-state index in [-0.39, 0.29) is 15.5 Å². The zero-order valence-corrected chi connectivity index (χ0v) is 19.2. The predicted molar refractivity (Wildman–Crippen MR) is 126 cm³/mol. The number of aryl methyl sites for hydroxylation is 1. The minimum atomic E-state index is -3.68. The standard InChI is InChI=1S/C27H26O5S/c1-20-19-21(15-18-27(29)16-3-2-4-17-27)5-14-26(20)32-23-8-12-25(13-9-23)33(30,31)24-10-6-22(28)7-11-24/h5-14,19,28-29H,2-4,16-17H2,1H3. The van der Waals surface area contributed by atoms with Gasteiger partial charge >= 0.3 is 0 Å². The first-order valence-electron chi connectivity index (χ1n) is 10.9. The number of aromatic hydroxyl groups is 1. The van der Waals surface area contributed by atoms with Gasteiger partial charge in [0.2, 0.25) is 9.84 Å². The van der Waals surface area contributed by atoms with Crippen LogP contribution in [0.1, 0.15) is 43.2 Å². The zero-order valence-electron chi connectivity index (χ0n) is 18.4. The van der Waals surface area contributed by atoms with Gasteiger partial charge in [-0.15, -0.1) is 0 Å². The summed E-state index contributed by atoms with van der Waals surface area (Å²) in [4.78, 5) is 0.253. The van der Waals surface area contributed by atoms with Gasteiger partial charge in [0.15, 0.2) is 0 Å². The molecule has 0 aromatic heterocycles. The average Bonchev–Trinajstić information content (AvgIpc) is 2.80. The van der Waals surface area contributed by atoms with E-state index in [4.69, 9.17) is 4.74 Å². The van der Waals surface area contributed by atoms with Crippen LogP contribution in [0.25, 0.3) is 0 Å². The lowest BCUT2D eigenvalue weighted by molar-refractivity contribution is 0.0610. The molecule has 1 saturated carbocycles. The van der Waals surface area contributed by atoms with E-state index in [0.29, 0.717) is 11.5 Å². The molecule has 1 fully saturated rings. The number of rotatable bonds is 4. The Kier molecular flexibility index (Phi) is 6.46. The maximum atomic E-state index is 12.8. The largest absolute Gasteiger partial charge is 0.508 e. The molecule has 0 bridgehead atoms. The van der Waals surface area contributed by atoms with Crippen molar-refractivity contribution in [1.82, 2.24) is 0 Å². The first-order valence-corrected chi connectivity index (χ1v) is 12.4. The van der Waals surface area contributed by atoms with E-state index in [9.17, 15) is 18.6 Å². The van der Waals surface area contributed by atoms with Gasteiger partial charge in [0.1, 0.15) is 22.8 Å². The maximum Gasteiger partial charge on any atom is 0.206 e. The lowest BCUT2D eigenvalue weighted by Crippen LogP contribution is -2.29. The molecule has 1 aliphatic carbocycles. The van der Waals surface area contributed by atoms with E-state index in [1.54, 1.807) is 12.1 Å². The van der Waals surface area contributed by atoms with Crippen LogP contribution in [0.5, 0.6) is 17.2 Å². The van der Waals surface area contributed by atoms with Crippen molar-refractivity contribution in [2.45, 2.75) is 54.4 Å². The summed E-state index contributed by atoms with van der Waals surface area (Å²) < 4.78 is 31.4. The summed E-state index contributed by atoms with van der Waals surface area (Å²) in [6.07, 6.45) is 4.61. The molecule has 2 N–H and O–H groups in total. The molecule has 0 unspecified atom stereocenters. The van der Waals surface area contributed by atoms with Crippen molar-refractivity contribution in [1.29, 1.82) is 0 Å². The van der Waals surface area contributed by atoms with Gasteiger partial charge in [-0.05, 0) is 105 Å². The Morgan fingerprint density at radius 1 is 0.879 bits per heavy atom. The number of benzene rings is 3. The molecule has 0 heterocycles. The molecule has 6 heteroatoms. The van der Waals surface area contributed by atoms with E-state index in [2.05, 4.69) is 11.8 Å². The lowest BCUT2D eigenvalue weighted by Gasteiger charge is -2.26. The number of phenols is 1. The maximum absolute atomic E-state index is 12.8. The molecule has 3 aromatic carbocycles. The van der Waals surface area contributed by atoms with Gasteiger partial charge in [-0.2, -0.15) is 0 Å². The Balaban J connectivity index is 1.48. The molecule has 170 valence electrons. The summed E-state index contributed by atoms with van der Waals surface area (Å²) in [5.41, 5.74) is 0.816. The topological polar surface area (TPSA) is 83.8 Å². The van der Waals surface area contributed by atoms with Gasteiger partial charge in [-0.1, -0.05) is 18.3 Å². The first kappa shape index (κ1) is 22.9. The molecule has 0 aliphatic heterocycles. The van der Waals surface area contributed by atoms with Crippen LogP contribution in [-0.4, -0.2) is 24.2 Å². The molecule has 1 aliphatic rings. The molecule has 0 amide bonds. The van der Waals surface area contributed by atoms with Crippen molar-refractivity contribution in [2.24, 2.45) is 0 Å². The number of phenolic OH excluding ortho intramolecular Hbond substituents is 1. The summed E-state index contributed by atoms with van der Waals surface area (Å²) in [6.45, 7) is 1.92. The van der Waals surface area contributed by atoms with Gasteiger partial charge < -0.3 is 14.9 Å². The van der Waals surface area contributed by atoms with Gasteiger partial charge in [0, 0.05) is 5.56 Å². The summed E-state index contributed by atoms with van der Waals surface area (Å²) >= 11 is 0. The zero-order chi connectivity index (χ0) is 23.5. The Morgan fingerprint density at radius 3 is 2.09 bits per heavy atom. The van der Waals surface area contributed by atoms with Crippen LogP contribution < -0.4 is 4.74 Å². The molecule has 4 rings (SSSR count). The van der Waals surface area contributed by atoms with Gasteiger partial charge in [0.25, 0.3) is 0 Å². The van der Waals surface area contributed by atoms with E-state index in [0.717, 1.165) is 43.2 Å². The molecule has 5 nitrogen and oxygen atoms in total. The average molecular weight is 463 g/mol. The van der Waals surface area contributed by atoms with Crippen LogP contribution in [0.4, 0.5) is 0 Å².